The number of aliphatic hydroxyl groups is 1. The number of methoxy groups -OCH3 is 2. The van der Waals surface area contributed by atoms with Gasteiger partial charge in [-0.1, -0.05) is 71.9 Å². The van der Waals surface area contributed by atoms with Crippen molar-refractivity contribution in [2.75, 3.05) is 27.4 Å². The molecule has 55 heavy (non-hydrogen) atoms. The van der Waals surface area contributed by atoms with E-state index in [-0.39, 0.29) is 28.1 Å². The molecule has 0 fully saturated rings. The van der Waals surface area contributed by atoms with Crippen LogP contribution in [0.4, 0.5) is 0 Å². The Bertz CT molecular complexity index is 1380. The molecule has 1 unspecified atom stereocenters. The Morgan fingerprint density at radius 3 is 1.47 bits per heavy atom. The highest BCUT2D eigenvalue weighted by molar-refractivity contribution is 6.74. The molecule has 4 atom stereocenters. The fourth-order valence-electron chi connectivity index (χ4n) is 5.20. The van der Waals surface area contributed by atoms with Gasteiger partial charge in [0.2, 0.25) is 0 Å². The predicted molar refractivity (Wildman–Crippen MR) is 229 cm³/mol. The van der Waals surface area contributed by atoms with E-state index in [0.717, 1.165) is 35.3 Å². The molecule has 2 aromatic carbocycles. The van der Waals surface area contributed by atoms with Crippen LogP contribution in [0.5, 0.6) is 11.5 Å². The van der Waals surface area contributed by atoms with Crippen LogP contribution in [0, 0.1) is 5.92 Å². The van der Waals surface area contributed by atoms with Crippen LogP contribution in [-0.2, 0) is 41.1 Å². The third-order valence-corrected chi connectivity index (χ3v) is 19.9. The molecule has 9 nitrogen and oxygen atoms in total. The SMILES string of the molecule is C=CC[C@H](C(C)=O)C(O)C[C@@H](CCOCc1ccc(OC)cc1)O[Si](C)(C)C(C)(C)C.COc1ccc(COCC[C@H](CC=O)O[Si](C)(C)C(C)(C)C)cc1. The lowest BCUT2D eigenvalue weighted by molar-refractivity contribution is -0.124. The quantitative estimate of drug-likeness (QED) is 0.0480. The molecule has 0 bridgehead atoms. The summed E-state index contributed by atoms with van der Waals surface area (Å²) in [5.74, 6) is 1.20. The summed E-state index contributed by atoms with van der Waals surface area (Å²) in [4.78, 5) is 22.9. The lowest BCUT2D eigenvalue weighted by Gasteiger charge is -2.40. The number of Topliss-reactive ketones (excluding diaryl/α,β-unsaturated/α-hetero) is 1. The van der Waals surface area contributed by atoms with Gasteiger partial charge in [-0.3, -0.25) is 4.79 Å². The molecule has 0 radical (unpaired) electrons. The maximum atomic E-state index is 12.0. The van der Waals surface area contributed by atoms with Gasteiger partial charge in [0, 0.05) is 31.7 Å². The fourth-order valence-corrected chi connectivity index (χ4v) is 8.01. The van der Waals surface area contributed by atoms with Crippen LogP contribution < -0.4 is 9.47 Å². The van der Waals surface area contributed by atoms with Gasteiger partial charge in [0.05, 0.1) is 39.6 Å². The van der Waals surface area contributed by atoms with E-state index in [4.69, 9.17) is 27.8 Å². The molecule has 0 spiro atoms. The monoisotopic (exact) mass is 802 g/mol. The van der Waals surface area contributed by atoms with Crippen molar-refractivity contribution in [1.29, 1.82) is 0 Å². The minimum absolute atomic E-state index is 0.0192. The molecule has 0 saturated carbocycles. The molecule has 0 aliphatic heterocycles. The number of ketones is 1. The lowest BCUT2D eigenvalue weighted by Crippen LogP contribution is -2.45. The lowest BCUT2D eigenvalue weighted by atomic mass is 9.90. The zero-order chi connectivity index (χ0) is 41.9. The van der Waals surface area contributed by atoms with E-state index in [9.17, 15) is 14.7 Å². The van der Waals surface area contributed by atoms with Crippen molar-refractivity contribution in [3.05, 3.63) is 72.3 Å². The maximum Gasteiger partial charge on any atom is 0.192 e. The first-order chi connectivity index (χ1) is 25.6. The summed E-state index contributed by atoms with van der Waals surface area (Å²) < 4.78 is 34.9. The van der Waals surface area contributed by atoms with E-state index in [1.54, 1.807) is 20.3 Å². The van der Waals surface area contributed by atoms with E-state index in [2.05, 4.69) is 74.3 Å². The van der Waals surface area contributed by atoms with Gasteiger partial charge in [0.25, 0.3) is 0 Å². The van der Waals surface area contributed by atoms with Crippen molar-refractivity contribution in [2.45, 2.75) is 148 Å². The zero-order valence-corrected chi connectivity index (χ0v) is 38.4. The van der Waals surface area contributed by atoms with Crippen molar-refractivity contribution in [2.24, 2.45) is 5.92 Å². The van der Waals surface area contributed by atoms with Gasteiger partial charge in [-0.25, -0.2) is 0 Å². The highest BCUT2D eigenvalue weighted by atomic mass is 28.4. The summed E-state index contributed by atoms with van der Waals surface area (Å²) in [5, 5.41) is 11.0. The summed E-state index contributed by atoms with van der Waals surface area (Å²) in [7, 11) is -0.603. The van der Waals surface area contributed by atoms with Crippen molar-refractivity contribution in [3.63, 3.8) is 0 Å². The molecule has 1 N–H and O–H groups in total. The molecule has 0 saturated heterocycles. The number of allylic oxidation sites excluding steroid dienone is 1. The predicted octanol–water partition coefficient (Wildman–Crippen LogP) is 10.1. The summed E-state index contributed by atoms with van der Waals surface area (Å²) in [5.41, 5.74) is 2.18. The molecule has 312 valence electrons. The van der Waals surface area contributed by atoms with E-state index in [1.165, 1.54) is 6.92 Å². The Morgan fingerprint density at radius 1 is 0.727 bits per heavy atom. The Kier molecular flexibility index (Phi) is 22.2. The molecule has 0 aromatic heterocycles. The molecular formula is C44H74O9Si2. The van der Waals surface area contributed by atoms with Crippen molar-refractivity contribution in [1.82, 2.24) is 0 Å². The number of hydrogen-bond donors (Lipinski definition) is 1. The van der Waals surface area contributed by atoms with E-state index < -0.39 is 28.7 Å². The van der Waals surface area contributed by atoms with Gasteiger partial charge in [-0.2, -0.15) is 0 Å². The Hall–Kier alpha value is -2.65. The normalized spacial score (nSPS) is 14.5. The fraction of sp³-hybridized carbons (Fsp3) is 0.636. The van der Waals surface area contributed by atoms with Crippen LogP contribution in [0.1, 0.15) is 91.7 Å². The number of carbonyl (C=O) groups is 2. The molecule has 0 aliphatic carbocycles. The van der Waals surface area contributed by atoms with E-state index in [0.29, 0.717) is 52.1 Å². The summed E-state index contributed by atoms with van der Waals surface area (Å²) in [6.45, 7) is 29.4. The Balaban J connectivity index is 0.000000568. The average molecular weight is 803 g/mol. The average Bonchev–Trinajstić information content (AvgIpc) is 3.10. The first-order valence-electron chi connectivity index (χ1n) is 19.6. The second-order valence-electron chi connectivity index (χ2n) is 17.3. The summed E-state index contributed by atoms with van der Waals surface area (Å²) >= 11 is 0. The topological polar surface area (TPSA) is 110 Å². The minimum Gasteiger partial charge on any atom is -0.497 e. The van der Waals surface area contributed by atoms with Crippen LogP contribution in [0.15, 0.2) is 61.2 Å². The van der Waals surface area contributed by atoms with Crippen LogP contribution >= 0.6 is 0 Å². The summed E-state index contributed by atoms with van der Waals surface area (Å²) in [6, 6.07) is 15.6. The minimum atomic E-state index is -2.04. The molecule has 2 rings (SSSR count). The van der Waals surface area contributed by atoms with Crippen molar-refractivity contribution < 1.29 is 42.5 Å². The van der Waals surface area contributed by atoms with Crippen LogP contribution in [0.25, 0.3) is 0 Å². The van der Waals surface area contributed by atoms with Gasteiger partial charge < -0.3 is 37.7 Å². The number of hydrogen-bond acceptors (Lipinski definition) is 9. The Labute approximate surface area is 335 Å². The molecule has 0 amide bonds. The molecule has 0 aliphatic rings. The third kappa shape index (κ3) is 18.9. The van der Waals surface area contributed by atoms with Gasteiger partial charge in [-0.15, -0.1) is 6.58 Å². The van der Waals surface area contributed by atoms with Gasteiger partial charge in [0.15, 0.2) is 16.6 Å². The number of ether oxygens (including phenoxy) is 4. The standard InChI is InChI=1S/C25H42O5Si.C19H32O4Si/c1-9-10-23(19(2)26)24(27)17-22(30-31(7,8)25(3,4)5)15-16-29-18-20-11-13-21(28-6)14-12-20;1-19(2,3)24(5,6)23-18(11-13-20)12-14-22-15-16-7-9-17(21-4)10-8-16/h9,11-14,22-24,27H,1,10,15-18H2,2-8H3;7-10,13,18H,11-12,14-15H2,1-6H3/t22-,23-,24?;18-/m10/s1. The highest BCUT2D eigenvalue weighted by Gasteiger charge is 2.40. The van der Waals surface area contributed by atoms with Crippen molar-refractivity contribution in [3.8, 4) is 11.5 Å². The second-order valence-corrected chi connectivity index (χ2v) is 26.8. The molecule has 2 aromatic rings. The third-order valence-electron chi connectivity index (χ3n) is 10.8. The number of aliphatic hydroxyl groups excluding tert-OH is 1. The smallest absolute Gasteiger partial charge is 0.192 e. The van der Waals surface area contributed by atoms with Gasteiger partial charge in [0.1, 0.15) is 23.6 Å². The molecule has 0 heterocycles. The number of aldehydes is 1. The van der Waals surface area contributed by atoms with E-state index >= 15 is 0 Å². The number of benzene rings is 2. The zero-order valence-electron chi connectivity index (χ0n) is 36.4. The van der Waals surface area contributed by atoms with Gasteiger partial charge >= 0.3 is 0 Å². The van der Waals surface area contributed by atoms with Crippen LogP contribution in [0.3, 0.4) is 0 Å². The maximum absolute atomic E-state index is 12.0. The van der Waals surface area contributed by atoms with Crippen molar-refractivity contribution >= 4 is 28.7 Å². The number of carbonyl (C=O) groups excluding carboxylic acids is 2. The number of rotatable bonds is 24. The second kappa shape index (κ2) is 24.2. The summed E-state index contributed by atoms with van der Waals surface area (Å²) in [6.07, 6.45) is 4.37. The molecule has 11 heteroatoms. The van der Waals surface area contributed by atoms with Crippen LogP contribution in [-0.4, -0.2) is 79.6 Å². The Morgan fingerprint density at radius 2 is 1.13 bits per heavy atom. The van der Waals surface area contributed by atoms with Crippen LogP contribution in [0.2, 0.25) is 36.3 Å². The largest absolute Gasteiger partial charge is 0.497 e. The molecular weight excluding hydrogens is 729 g/mol. The first kappa shape index (κ1) is 50.4. The first-order valence-corrected chi connectivity index (χ1v) is 25.4. The van der Waals surface area contributed by atoms with E-state index in [1.807, 2.05) is 48.5 Å². The van der Waals surface area contributed by atoms with Gasteiger partial charge in [-0.05, 0) is 104 Å². The highest BCUT2D eigenvalue weighted by Crippen LogP contribution is 2.39.